The molecule has 1 nitrogen and oxygen atoms in total. The highest BCUT2D eigenvalue weighted by atomic mass is 16.3. The molecule has 56 valence electrons. The summed E-state index contributed by atoms with van der Waals surface area (Å²) in [7, 11) is 0. The second-order valence-electron chi connectivity index (χ2n) is 3.57. The van der Waals surface area contributed by atoms with E-state index in [-0.39, 0.29) is 6.10 Å². The second kappa shape index (κ2) is 2.39. The first-order chi connectivity index (χ1) is 4.86. The minimum atomic E-state index is -0.0344. The van der Waals surface area contributed by atoms with E-state index in [9.17, 15) is 5.11 Å². The van der Waals surface area contributed by atoms with E-state index in [4.69, 9.17) is 0 Å². The minimum absolute atomic E-state index is 0.0344. The summed E-state index contributed by atoms with van der Waals surface area (Å²) in [5.41, 5.74) is 0. The van der Waals surface area contributed by atoms with Crippen molar-refractivity contribution < 1.29 is 5.11 Å². The molecule has 0 saturated heterocycles. The molecular formula is C9H14O. The lowest BCUT2D eigenvalue weighted by atomic mass is 9.74. The molecule has 10 heavy (non-hydrogen) atoms. The lowest BCUT2D eigenvalue weighted by Crippen LogP contribution is -2.29. The quantitative estimate of drug-likeness (QED) is 0.505. The summed E-state index contributed by atoms with van der Waals surface area (Å²) in [5, 5.41) is 9.47. The van der Waals surface area contributed by atoms with Gasteiger partial charge in [0.2, 0.25) is 0 Å². The van der Waals surface area contributed by atoms with Crippen LogP contribution in [0, 0.1) is 11.8 Å². The number of allylic oxidation sites excluding steroid dienone is 1. The number of fused-ring (bicyclic) bond motifs is 2. The van der Waals surface area contributed by atoms with Crippen LogP contribution in [-0.2, 0) is 0 Å². The van der Waals surface area contributed by atoms with E-state index in [2.05, 4.69) is 12.2 Å². The standard InChI is InChI=1S/C9H14O/c10-9-5-4-7-2-1-3-8(9)6-7/h1,3,7-10H,2,4-6H2. The number of aliphatic hydroxyl groups excluding tert-OH is 1. The Balaban J connectivity index is 2.12. The fourth-order valence-electron chi connectivity index (χ4n) is 2.15. The van der Waals surface area contributed by atoms with Crippen molar-refractivity contribution in [1.29, 1.82) is 0 Å². The predicted octanol–water partition coefficient (Wildman–Crippen LogP) is 1.72. The fraction of sp³-hybridized carbons (Fsp3) is 0.778. The lowest BCUT2D eigenvalue weighted by Gasteiger charge is -2.34. The summed E-state index contributed by atoms with van der Waals surface area (Å²) in [5.74, 6) is 1.38. The van der Waals surface area contributed by atoms with E-state index in [0.717, 1.165) is 12.3 Å². The largest absolute Gasteiger partial charge is 0.393 e. The Bertz CT molecular complexity index is 151. The van der Waals surface area contributed by atoms with Gasteiger partial charge in [-0.05, 0) is 31.6 Å². The van der Waals surface area contributed by atoms with Crippen LogP contribution in [0.4, 0.5) is 0 Å². The Morgan fingerprint density at radius 1 is 1.30 bits per heavy atom. The van der Waals surface area contributed by atoms with E-state index in [0.29, 0.717) is 5.92 Å². The van der Waals surface area contributed by atoms with E-state index in [1.807, 2.05) is 0 Å². The molecule has 0 aromatic carbocycles. The molecule has 2 bridgehead atoms. The molecule has 2 rings (SSSR count). The second-order valence-corrected chi connectivity index (χ2v) is 3.57. The third-order valence-electron chi connectivity index (χ3n) is 2.82. The van der Waals surface area contributed by atoms with Crippen molar-refractivity contribution in [2.24, 2.45) is 11.8 Å². The molecule has 3 unspecified atom stereocenters. The Morgan fingerprint density at radius 3 is 3.00 bits per heavy atom. The van der Waals surface area contributed by atoms with Crippen LogP contribution >= 0.6 is 0 Å². The van der Waals surface area contributed by atoms with Gasteiger partial charge in [0.1, 0.15) is 0 Å². The van der Waals surface area contributed by atoms with Crippen LogP contribution in [0.2, 0.25) is 0 Å². The van der Waals surface area contributed by atoms with Crippen molar-refractivity contribution in [1.82, 2.24) is 0 Å². The lowest BCUT2D eigenvalue weighted by molar-refractivity contribution is 0.0663. The third-order valence-corrected chi connectivity index (χ3v) is 2.82. The maximum absolute atomic E-state index is 9.47. The normalized spacial score (nSPS) is 45.5. The number of rotatable bonds is 0. The van der Waals surface area contributed by atoms with Gasteiger partial charge in [0.25, 0.3) is 0 Å². The van der Waals surface area contributed by atoms with Crippen LogP contribution in [-0.4, -0.2) is 11.2 Å². The molecule has 3 atom stereocenters. The molecule has 1 heteroatoms. The summed E-state index contributed by atoms with van der Waals surface area (Å²) in [6, 6.07) is 0. The highest BCUT2D eigenvalue weighted by Crippen LogP contribution is 2.35. The highest BCUT2D eigenvalue weighted by molar-refractivity contribution is 5.01. The van der Waals surface area contributed by atoms with Gasteiger partial charge in [0.15, 0.2) is 0 Å². The summed E-state index contributed by atoms with van der Waals surface area (Å²) in [6.45, 7) is 0. The first-order valence-corrected chi connectivity index (χ1v) is 4.21. The van der Waals surface area contributed by atoms with Gasteiger partial charge >= 0.3 is 0 Å². The number of aliphatic hydroxyl groups is 1. The van der Waals surface area contributed by atoms with E-state index >= 15 is 0 Å². The Morgan fingerprint density at radius 2 is 2.20 bits per heavy atom. The molecule has 0 aromatic rings. The molecule has 0 heterocycles. The van der Waals surface area contributed by atoms with Crippen molar-refractivity contribution in [3.8, 4) is 0 Å². The summed E-state index contributed by atoms with van der Waals surface area (Å²) in [6.07, 6.45) is 9.15. The average Bonchev–Trinajstić information content (AvgIpc) is 1.99. The van der Waals surface area contributed by atoms with Gasteiger partial charge in [-0.25, -0.2) is 0 Å². The Hall–Kier alpha value is -0.300. The first-order valence-electron chi connectivity index (χ1n) is 4.21. The van der Waals surface area contributed by atoms with Gasteiger partial charge in [-0.15, -0.1) is 0 Å². The van der Waals surface area contributed by atoms with E-state index < -0.39 is 0 Å². The first kappa shape index (κ1) is 6.41. The van der Waals surface area contributed by atoms with Crippen molar-refractivity contribution in [3.05, 3.63) is 12.2 Å². The molecular weight excluding hydrogens is 124 g/mol. The zero-order chi connectivity index (χ0) is 6.97. The average molecular weight is 138 g/mol. The molecule has 0 radical (unpaired) electrons. The minimum Gasteiger partial charge on any atom is -0.393 e. The number of hydrogen-bond acceptors (Lipinski definition) is 1. The SMILES string of the molecule is OC1CCC2CC=CC1C2. The molecule has 0 aromatic heterocycles. The summed E-state index contributed by atoms with van der Waals surface area (Å²) in [4.78, 5) is 0. The number of hydrogen-bond donors (Lipinski definition) is 1. The Kier molecular flexibility index (Phi) is 1.53. The summed E-state index contributed by atoms with van der Waals surface area (Å²) >= 11 is 0. The van der Waals surface area contributed by atoms with Gasteiger partial charge < -0.3 is 5.11 Å². The molecule has 0 aliphatic heterocycles. The van der Waals surface area contributed by atoms with Gasteiger partial charge in [0, 0.05) is 5.92 Å². The van der Waals surface area contributed by atoms with Crippen LogP contribution < -0.4 is 0 Å². The Labute approximate surface area is 61.8 Å². The maximum Gasteiger partial charge on any atom is 0.0603 e. The van der Waals surface area contributed by atoms with Gasteiger partial charge in [0.05, 0.1) is 6.10 Å². The molecule has 1 saturated carbocycles. The van der Waals surface area contributed by atoms with Gasteiger partial charge in [-0.2, -0.15) is 0 Å². The summed E-state index contributed by atoms with van der Waals surface area (Å²) < 4.78 is 0. The van der Waals surface area contributed by atoms with Gasteiger partial charge in [-0.3, -0.25) is 0 Å². The molecule has 1 fully saturated rings. The van der Waals surface area contributed by atoms with Crippen molar-refractivity contribution >= 4 is 0 Å². The predicted molar refractivity (Wildman–Crippen MR) is 40.6 cm³/mol. The molecule has 0 amide bonds. The van der Waals surface area contributed by atoms with Crippen LogP contribution in [0.1, 0.15) is 25.7 Å². The monoisotopic (exact) mass is 138 g/mol. The molecule has 1 N–H and O–H groups in total. The zero-order valence-corrected chi connectivity index (χ0v) is 6.16. The van der Waals surface area contributed by atoms with Crippen molar-refractivity contribution in [2.45, 2.75) is 31.8 Å². The smallest absolute Gasteiger partial charge is 0.0603 e. The zero-order valence-electron chi connectivity index (χ0n) is 6.16. The molecule has 2 aliphatic carbocycles. The maximum atomic E-state index is 9.47. The molecule has 0 spiro atoms. The topological polar surface area (TPSA) is 20.2 Å². The highest BCUT2D eigenvalue weighted by Gasteiger charge is 2.28. The van der Waals surface area contributed by atoms with E-state index in [1.165, 1.54) is 19.3 Å². The van der Waals surface area contributed by atoms with Crippen LogP contribution in [0.25, 0.3) is 0 Å². The van der Waals surface area contributed by atoms with Crippen molar-refractivity contribution in [2.75, 3.05) is 0 Å². The van der Waals surface area contributed by atoms with Gasteiger partial charge in [-0.1, -0.05) is 12.2 Å². The van der Waals surface area contributed by atoms with E-state index in [1.54, 1.807) is 0 Å². The molecule has 2 aliphatic rings. The van der Waals surface area contributed by atoms with Crippen LogP contribution in [0.3, 0.4) is 0 Å². The van der Waals surface area contributed by atoms with Crippen LogP contribution in [0.5, 0.6) is 0 Å². The fourth-order valence-corrected chi connectivity index (χ4v) is 2.15. The van der Waals surface area contributed by atoms with Crippen molar-refractivity contribution in [3.63, 3.8) is 0 Å². The third kappa shape index (κ3) is 0.988. The van der Waals surface area contributed by atoms with Crippen LogP contribution in [0.15, 0.2) is 12.2 Å².